The molecule has 0 aliphatic carbocycles. The highest BCUT2D eigenvalue weighted by Gasteiger charge is 2.34. The van der Waals surface area contributed by atoms with Gasteiger partial charge in [0.05, 0.1) is 19.3 Å². The Labute approximate surface area is 201 Å². The van der Waals surface area contributed by atoms with E-state index in [4.69, 9.17) is 26.8 Å². The maximum absolute atomic E-state index is 12.4. The van der Waals surface area contributed by atoms with Crippen molar-refractivity contribution in [2.24, 2.45) is 5.73 Å². The first-order valence-corrected chi connectivity index (χ1v) is 11.7. The molecule has 3 N–H and O–H groups in total. The van der Waals surface area contributed by atoms with Crippen molar-refractivity contribution >= 4 is 35.2 Å². The van der Waals surface area contributed by atoms with Crippen LogP contribution in [0.5, 0.6) is 11.5 Å². The molecule has 2 heterocycles. The van der Waals surface area contributed by atoms with Crippen LogP contribution < -0.4 is 20.5 Å². The number of hydrogen-bond acceptors (Lipinski definition) is 7. The molecule has 4 rings (SSSR count). The second-order valence-electron chi connectivity index (χ2n) is 7.32. The predicted octanol–water partition coefficient (Wildman–Crippen LogP) is 4.41. The van der Waals surface area contributed by atoms with E-state index in [1.54, 1.807) is 18.7 Å². The lowest BCUT2D eigenvalue weighted by molar-refractivity contribution is -0.115. The van der Waals surface area contributed by atoms with E-state index in [1.165, 1.54) is 11.8 Å². The average Bonchev–Trinajstić information content (AvgIpc) is 3.20. The van der Waals surface area contributed by atoms with Gasteiger partial charge >= 0.3 is 0 Å². The molecule has 0 bridgehead atoms. The zero-order chi connectivity index (χ0) is 23.5. The molecule has 0 fully saturated rings. The summed E-state index contributed by atoms with van der Waals surface area (Å²) in [6.07, 6.45) is 0. The van der Waals surface area contributed by atoms with Crippen molar-refractivity contribution < 1.29 is 14.3 Å². The summed E-state index contributed by atoms with van der Waals surface area (Å²) < 4.78 is 12.8. The monoisotopic (exact) mass is 485 g/mol. The average molecular weight is 486 g/mol. The van der Waals surface area contributed by atoms with Gasteiger partial charge in [-0.2, -0.15) is 4.98 Å². The molecular formula is C23H24ClN5O3S. The fraction of sp³-hybridized carbons (Fsp3) is 0.261. The Morgan fingerprint density at radius 1 is 1.27 bits per heavy atom. The number of nitrogens with two attached hydrogens (primary N) is 1. The van der Waals surface area contributed by atoms with Crippen LogP contribution in [0.25, 0.3) is 0 Å². The Kier molecular flexibility index (Phi) is 6.80. The summed E-state index contributed by atoms with van der Waals surface area (Å²) in [5, 5.41) is 9.09. The van der Waals surface area contributed by atoms with Crippen LogP contribution in [0.3, 0.4) is 0 Å². The van der Waals surface area contributed by atoms with Crippen LogP contribution in [-0.4, -0.2) is 34.4 Å². The molecule has 1 aliphatic heterocycles. The van der Waals surface area contributed by atoms with Crippen molar-refractivity contribution in [2.75, 3.05) is 19.0 Å². The van der Waals surface area contributed by atoms with Crippen molar-refractivity contribution in [3.63, 3.8) is 0 Å². The fourth-order valence-corrected chi connectivity index (χ4v) is 4.82. The minimum absolute atomic E-state index is 0.404. The summed E-state index contributed by atoms with van der Waals surface area (Å²) in [5.74, 6) is 1.78. The van der Waals surface area contributed by atoms with E-state index < -0.39 is 11.9 Å². The van der Waals surface area contributed by atoms with Crippen molar-refractivity contribution in [2.45, 2.75) is 30.8 Å². The molecule has 172 valence electrons. The number of carbonyl (C=O) groups excluding carboxylic acids is 1. The molecule has 0 saturated carbocycles. The number of fused-ring (bicyclic) bond motifs is 1. The number of carbonyl (C=O) groups is 1. The Balaban J connectivity index is 1.72. The SMILES string of the molecule is CCOc1ccc([C@H]2C(C(N)=O)=C(C)Nc3nc(SCc4ccccc4Cl)nn32)cc1OC. The summed E-state index contributed by atoms with van der Waals surface area (Å²) in [6.45, 7) is 4.21. The first-order chi connectivity index (χ1) is 15.9. The number of amides is 1. The third kappa shape index (κ3) is 4.65. The molecule has 0 radical (unpaired) electrons. The van der Waals surface area contributed by atoms with E-state index in [-0.39, 0.29) is 0 Å². The van der Waals surface area contributed by atoms with Gasteiger partial charge in [0.15, 0.2) is 11.5 Å². The third-order valence-corrected chi connectivity index (χ3v) is 6.47. The molecule has 3 aromatic rings. The quantitative estimate of drug-likeness (QED) is 0.455. The fourth-order valence-electron chi connectivity index (χ4n) is 3.71. The van der Waals surface area contributed by atoms with Gasteiger partial charge in [0, 0.05) is 16.5 Å². The molecule has 8 nitrogen and oxygen atoms in total. The summed E-state index contributed by atoms with van der Waals surface area (Å²) in [6, 6.07) is 12.6. The highest BCUT2D eigenvalue weighted by atomic mass is 35.5. The van der Waals surface area contributed by atoms with E-state index in [0.29, 0.717) is 51.3 Å². The van der Waals surface area contributed by atoms with E-state index in [2.05, 4.69) is 15.4 Å². The number of ether oxygens (including phenoxy) is 2. The molecule has 1 aromatic heterocycles. The summed E-state index contributed by atoms with van der Waals surface area (Å²) in [7, 11) is 1.57. The number of thioether (sulfide) groups is 1. The van der Waals surface area contributed by atoms with E-state index >= 15 is 0 Å². The van der Waals surface area contributed by atoms with Crippen molar-refractivity contribution in [1.29, 1.82) is 0 Å². The van der Waals surface area contributed by atoms with Crippen molar-refractivity contribution in [3.05, 3.63) is 69.9 Å². The number of rotatable bonds is 8. The lowest BCUT2D eigenvalue weighted by Crippen LogP contribution is -2.31. The lowest BCUT2D eigenvalue weighted by atomic mass is 9.95. The molecule has 1 aliphatic rings. The molecule has 2 aromatic carbocycles. The van der Waals surface area contributed by atoms with Crippen LogP contribution in [-0.2, 0) is 10.5 Å². The van der Waals surface area contributed by atoms with Gasteiger partial charge in [-0.15, -0.1) is 5.10 Å². The van der Waals surface area contributed by atoms with Crippen LogP contribution in [0.4, 0.5) is 5.95 Å². The van der Waals surface area contributed by atoms with Gasteiger partial charge in [0.25, 0.3) is 0 Å². The summed E-state index contributed by atoms with van der Waals surface area (Å²) >= 11 is 7.74. The van der Waals surface area contributed by atoms with Crippen LogP contribution in [0.2, 0.25) is 5.02 Å². The molecule has 0 unspecified atom stereocenters. The van der Waals surface area contributed by atoms with Crippen molar-refractivity contribution in [1.82, 2.24) is 14.8 Å². The highest BCUT2D eigenvalue weighted by Crippen LogP contribution is 2.39. The minimum atomic E-state index is -0.564. The largest absolute Gasteiger partial charge is 0.493 e. The predicted molar refractivity (Wildman–Crippen MR) is 129 cm³/mol. The number of allylic oxidation sites excluding steroid dienone is 1. The van der Waals surface area contributed by atoms with Crippen LogP contribution in [0.15, 0.2) is 58.9 Å². The second-order valence-corrected chi connectivity index (χ2v) is 8.67. The normalized spacial score (nSPS) is 15.1. The lowest BCUT2D eigenvalue weighted by Gasteiger charge is -2.28. The van der Waals surface area contributed by atoms with Gasteiger partial charge in [-0.1, -0.05) is 47.6 Å². The number of anilines is 1. The number of nitrogens with zero attached hydrogens (tertiary/aromatic N) is 3. The first kappa shape index (κ1) is 23.0. The molecule has 1 atom stereocenters. The third-order valence-electron chi connectivity index (χ3n) is 5.22. The molecular weight excluding hydrogens is 462 g/mol. The van der Waals surface area contributed by atoms with Gasteiger partial charge in [-0.3, -0.25) is 4.79 Å². The van der Waals surface area contributed by atoms with E-state index in [0.717, 1.165) is 11.1 Å². The van der Waals surface area contributed by atoms with Gasteiger partial charge in [0.2, 0.25) is 17.0 Å². The zero-order valence-electron chi connectivity index (χ0n) is 18.5. The van der Waals surface area contributed by atoms with Gasteiger partial charge < -0.3 is 20.5 Å². The van der Waals surface area contributed by atoms with Gasteiger partial charge in [0.1, 0.15) is 6.04 Å². The zero-order valence-corrected chi connectivity index (χ0v) is 20.0. The van der Waals surface area contributed by atoms with Gasteiger partial charge in [-0.05, 0) is 43.2 Å². The molecule has 10 heteroatoms. The number of aromatic nitrogens is 3. The molecule has 1 amide bonds. The van der Waals surface area contributed by atoms with Crippen LogP contribution in [0, 0.1) is 0 Å². The highest BCUT2D eigenvalue weighted by molar-refractivity contribution is 7.98. The van der Waals surface area contributed by atoms with E-state index in [1.807, 2.05) is 49.4 Å². The molecule has 0 spiro atoms. The molecule has 0 saturated heterocycles. The maximum Gasteiger partial charge on any atom is 0.248 e. The Morgan fingerprint density at radius 2 is 2.06 bits per heavy atom. The Bertz CT molecular complexity index is 1230. The number of nitrogens with one attached hydrogen (secondary N) is 1. The number of benzene rings is 2. The van der Waals surface area contributed by atoms with E-state index in [9.17, 15) is 4.79 Å². The summed E-state index contributed by atoms with van der Waals surface area (Å²) in [5.41, 5.74) is 8.57. The number of halogens is 1. The van der Waals surface area contributed by atoms with Gasteiger partial charge in [-0.25, -0.2) is 4.68 Å². The summed E-state index contributed by atoms with van der Waals surface area (Å²) in [4.78, 5) is 17.0. The number of primary amides is 1. The second kappa shape index (κ2) is 9.76. The number of hydrogen-bond donors (Lipinski definition) is 2. The topological polar surface area (TPSA) is 104 Å². The van der Waals surface area contributed by atoms with Crippen molar-refractivity contribution in [3.8, 4) is 11.5 Å². The Morgan fingerprint density at radius 3 is 2.76 bits per heavy atom. The van der Waals surface area contributed by atoms with Crippen LogP contribution in [0.1, 0.15) is 31.0 Å². The minimum Gasteiger partial charge on any atom is -0.493 e. The molecule has 33 heavy (non-hydrogen) atoms. The Hall–Kier alpha value is -3.17. The smallest absolute Gasteiger partial charge is 0.248 e. The first-order valence-electron chi connectivity index (χ1n) is 10.3. The van der Waals surface area contributed by atoms with Crippen LogP contribution >= 0.6 is 23.4 Å². The maximum atomic E-state index is 12.4. The number of methoxy groups -OCH3 is 1. The standard InChI is InChI=1S/C23H24ClN5O3S/c1-4-32-17-10-9-14(11-18(17)31-3)20-19(21(25)30)13(2)26-22-27-23(28-29(20)22)33-12-15-7-5-6-8-16(15)24/h5-11,20H,4,12H2,1-3H3,(H2,25,30)(H,26,27,28)/t20-/m0/s1.